The normalized spacial score (nSPS) is 13.4. The molecule has 1 aliphatic heterocycles. The van der Waals surface area contributed by atoms with Crippen LogP contribution in [-0.2, 0) is 16.1 Å². The van der Waals surface area contributed by atoms with Crippen molar-refractivity contribution < 1.29 is 14.4 Å². The van der Waals surface area contributed by atoms with Gasteiger partial charge < -0.3 is 15.1 Å². The highest BCUT2D eigenvalue weighted by Gasteiger charge is 2.30. The van der Waals surface area contributed by atoms with Gasteiger partial charge in [-0.1, -0.05) is 61.8 Å². The molecule has 0 bridgehead atoms. The van der Waals surface area contributed by atoms with Gasteiger partial charge in [-0.2, -0.15) is 0 Å². The standard InChI is InChI=1S/C29H32ClN3O3/c1-19(2)17-31-28(35)20(3)33(18-21-12-14-23(30)15-13-21)26(34)11-6-16-32-25-10-5-8-22-7-4-9-24(27(22)25)29(32)36/h4-5,7-10,12-15,19-20H,6,11,16-18H2,1-3H3,(H,31,35)/t20-/m1/s1. The van der Waals surface area contributed by atoms with Crippen molar-refractivity contribution in [3.05, 3.63) is 76.8 Å². The number of anilines is 1. The minimum Gasteiger partial charge on any atom is -0.354 e. The Kier molecular flexibility index (Phi) is 7.94. The lowest BCUT2D eigenvalue weighted by Gasteiger charge is -2.29. The molecule has 1 N–H and O–H groups in total. The molecule has 1 atom stereocenters. The summed E-state index contributed by atoms with van der Waals surface area (Å²) >= 11 is 6.02. The number of amides is 3. The number of halogens is 1. The van der Waals surface area contributed by atoms with Crippen LogP contribution >= 0.6 is 11.6 Å². The van der Waals surface area contributed by atoms with Crippen LogP contribution in [0.25, 0.3) is 10.8 Å². The van der Waals surface area contributed by atoms with Crippen molar-refractivity contribution in [2.75, 3.05) is 18.0 Å². The zero-order chi connectivity index (χ0) is 25.8. The van der Waals surface area contributed by atoms with E-state index in [4.69, 9.17) is 11.6 Å². The van der Waals surface area contributed by atoms with Gasteiger partial charge in [0.2, 0.25) is 11.8 Å². The first-order valence-corrected chi connectivity index (χ1v) is 12.8. The average molecular weight is 506 g/mol. The fraction of sp³-hybridized carbons (Fsp3) is 0.345. The lowest BCUT2D eigenvalue weighted by atomic mass is 10.1. The van der Waals surface area contributed by atoms with Gasteiger partial charge in [0.25, 0.3) is 5.91 Å². The van der Waals surface area contributed by atoms with Crippen LogP contribution < -0.4 is 10.2 Å². The minimum atomic E-state index is -0.627. The molecule has 3 aromatic carbocycles. The summed E-state index contributed by atoms with van der Waals surface area (Å²) in [7, 11) is 0. The summed E-state index contributed by atoms with van der Waals surface area (Å²) < 4.78 is 0. The summed E-state index contributed by atoms with van der Waals surface area (Å²) in [6, 6.07) is 18.3. The predicted molar refractivity (Wildman–Crippen MR) is 144 cm³/mol. The highest BCUT2D eigenvalue weighted by molar-refractivity contribution is 6.30. The molecule has 0 saturated carbocycles. The number of hydrogen-bond donors (Lipinski definition) is 1. The second-order valence-corrected chi connectivity index (χ2v) is 10.1. The van der Waals surface area contributed by atoms with E-state index in [2.05, 4.69) is 5.32 Å². The molecule has 36 heavy (non-hydrogen) atoms. The summed E-state index contributed by atoms with van der Waals surface area (Å²) in [6.07, 6.45) is 0.720. The summed E-state index contributed by atoms with van der Waals surface area (Å²) in [6.45, 7) is 7.10. The molecule has 7 heteroatoms. The van der Waals surface area contributed by atoms with Crippen LogP contribution in [0.2, 0.25) is 5.02 Å². The Morgan fingerprint density at radius 1 is 1.00 bits per heavy atom. The second kappa shape index (κ2) is 11.1. The van der Waals surface area contributed by atoms with Crippen molar-refractivity contribution in [1.82, 2.24) is 10.2 Å². The van der Waals surface area contributed by atoms with Crippen LogP contribution in [-0.4, -0.2) is 41.8 Å². The number of nitrogens with one attached hydrogen (secondary N) is 1. The summed E-state index contributed by atoms with van der Waals surface area (Å²) in [5.41, 5.74) is 2.49. The van der Waals surface area contributed by atoms with E-state index in [0.717, 1.165) is 22.0 Å². The van der Waals surface area contributed by atoms with E-state index in [9.17, 15) is 14.4 Å². The van der Waals surface area contributed by atoms with Crippen LogP contribution in [0.5, 0.6) is 0 Å². The van der Waals surface area contributed by atoms with Gasteiger partial charge in [0.1, 0.15) is 6.04 Å². The van der Waals surface area contributed by atoms with Crippen molar-refractivity contribution in [2.45, 2.75) is 46.2 Å². The monoisotopic (exact) mass is 505 g/mol. The summed E-state index contributed by atoms with van der Waals surface area (Å²) in [5, 5.41) is 5.55. The summed E-state index contributed by atoms with van der Waals surface area (Å²) in [5.74, 6) is -0.0239. The van der Waals surface area contributed by atoms with Crippen molar-refractivity contribution in [3.63, 3.8) is 0 Å². The topological polar surface area (TPSA) is 69.7 Å². The number of benzene rings is 3. The van der Waals surface area contributed by atoms with Crippen molar-refractivity contribution in [2.24, 2.45) is 5.92 Å². The summed E-state index contributed by atoms with van der Waals surface area (Å²) in [4.78, 5) is 42.6. The Labute approximate surface area is 217 Å². The maximum absolute atomic E-state index is 13.4. The lowest BCUT2D eigenvalue weighted by molar-refractivity contribution is -0.140. The van der Waals surface area contributed by atoms with Crippen LogP contribution in [0.4, 0.5) is 5.69 Å². The zero-order valence-corrected chi connectivity index (χ0v) is 21.7. The van der Waals surface area contributed by atoms with Gasteiger partial charge >= 0.3 is 0 Å². The molecule has 1 heterocycles. The smallest absolute Gasteiger partial charge is 0.258 e. The molecule has 3 aromatic rings. The van der Waals surface area contributed by atoms with Gasteiger partial charge in [0, 0.05) is 42.0 Å². The van der Waals surface area contributed by atoms with Gasteiger partial charge in [0.15, 0.2) is 0 Å². The molecular formula is C29H32ClN3O3. The molecule has 0 spiro atoms. The maximum Gasteiger partial charge on any atom is 0.258 e. The Hall–Kier alpha value is -3.38. The number of hydrogen-bond acceptors (Lipinski definition) is 3. The van der Waals surface area contributed by atoms with Gasteiger partial charge in [0.05, 0.1) is 5.69 Å². The second-order valence-electron chi connectivity index (χ2n) is 9.70. The predicted octanol–water partition coefficient (Wildman–Crippen LogP) is 5.42. The van der Waals surface area contributed by atoms with Crippen LogP contribution in [0.3, 0.4) is 0 Å². The van der Waals surface area contributed by atoms with E-state index in [1.165, 1.54) is 0 Å². The van der Waals surface area contributed by atoms with E-state index in [1.54, 1.807) is 28.9 Å². The van der Waals surface area contributed by atoms with Gasteiger partial charge in [-0.3, -0.25) is 14.4 Å². The lowest BCUT2D eigenvalue weighted by Crippen LogP contribution is -2.48. The van der Waals surface area contributed by atoms with E-state index >= 15 is 0 Å². The fourth-order valence-corrected chi connectivity index (χ4v) is 4.68. The molecule has 0 saturated heterocycles. The molecule has 6 nitrogen and oxygen atoms in total. The molecule has 0 fully saturated rings. The number of rotatable bonds is 10. The van der Waals surface area contributed by atoms with Crippen LogP contribution in [0.1, 0.15) is 49.5 Å². The molecule has 188 valence electrons. The average Bonchev–Trinajstić information content (AvgIpc) is 3.14. The maximum atomic E-state index is 13.4. The molecule has 0 unspecified atom stereocenters. The Bertz CT molecular complexity index is 1270. The van der Waals surface area contributed by atoms with Gasteiger partial charge in [-0.25, -0.2) is 0 Å². The third-order valence-electron chi connectivity index (χ3n) is 6.54. The molecular weight excluding hydrogens is 474 g/mol. The molecule has 0 aromatic heterocycles. The van der Waals surface area contributed by atoms with Crippen molar-refractivity contribution in [3.8, 4) is 0 Å². The van der Waals surface area contributed by atoms with E-state index < -0.39 is 6.04 Å². The van der Waals surface area contributed by atoms with Crippen LogP contribution in [0.15, 0.2) is 60.7 Å². The molecule has 3 amide bonds. The zero-order valence-electron chi connectivity index (χ0n) is 21.0. The fourth-order valence-electron chi connectivity index (χ4n) is 4.55. The van der Waals surface area contributed by atoms with Gasteiger partial charge in [-0.15, -0.1) is 0 Å². The van der Waals surface area contributed by atoms with Gasteiger partial charge in [-0.05, 0) is 54.5 Å². The van der Waals surface area contributed by atoms with Crippen molar-refractivity contribution in [1.29, 1.82) is 0 Å². The highest BCUT2D eigenvalue weighted by atomic mass is 35.5. The van der Waals surface area contributed by atoms with Crippen molar-refractivity contribution >= 4 is 45.8 Å². The Balaban J connectivity index is 1.45. The molecule has 1 aliphatic rings. The quantitative estimate of drug-likeness (QED) is 0.400. The third-order valence-corrected chi connectivity index (χ3v) is 6.79. The molecule has 0 radical (unpaired) electrons. The first kappa shape index (κ1) is 25.7. The minimum absolute atomic E-state index is 0.0336. The van der Waals surface area contributed by atoms with E-state index in [1.807, 2.05) is 62.4 Å². The highest BCUT2D eigenvalue weighted by Crippen LogP contribution is 2.37. The molecule has 0 aliphatic carbocycles. The number of carbonyl (C=O) groups excluding carboxylic acids is 3. The van der Waals surface area contributed by atoms with Crippen LogP contribution in [0, 0.1) is 5.92 Å². The number of nitrogens with zero attached hydrogens (tertiary/aromatic N) is 2. The Morgan fingerprint density at radius 3 is 2.39 bits per heavy atom. The largest absolute Gasteiger partial charge is 0.354 e. The Morgan fingerprint density at radius 2 is 1.69 bits per heavy atom. The molecule has 4 rings (SSSR count). The van der Waals surface area contributed by atoms with E-state index in [0.29, 0.717) is 42.6 Å². The first-order chi connectivity index (χ1) is 17.3. The SMILES string of the molecule is CC(C)CNC(=O)[C@@H](C)N(Cc1ccc(Cl)cc1)C(=O)CCCN1C(=O)c2cccc3cccc1c23. The number of carbonyl (C=O) groups is 3. The third kappa shape index (κ3) is 5.54. The first-order valence-electron chi connectivity index (χ1n) is 12.4. The van der Waals surface area contributed by atoms with E-state index in [-0.39, 0.29) is 24.1 Å².